The first-order valence-electron chi connectivity index (χ1n) is 3.67. The molecule has 0 saturated carbocycles. The highest BCUT2D eigenvalue weighted by Crippen LogP contribution is 2.11. The van der Waals surface area contributed by atoms with Crippen LogP contribution in [0.5, 0.6) is 0 Å². The summed E-state index contributed by atoms with van der Waals surface area (Å²) in [7, 11) is 1.85. The van der Waals surface area contributed by atoms with Crippen molar-refractivity contribution in [3.05, 3.63) is 18.1 Å². The van der Waals surface area contributed by atoms with E-state index in [0.717, 1.165) is 17.2 Å². The zero-order valence-corrected chi connectivity index (χ0v) is 6.94. The van der Waals surface area contributed by atoms with Crippen LogP contribution in [0.3, 0.4) is 0 Å². The van der Waals surface area contributed by atoms with Crippen LogP contribution in [0.15, 0.2) is 12.3 Å². The fraction of sp³-hybridized carbons (Fsp3) is 0.286. The Morgan fingerprint density at radius 3 is 3.00 bits per heavy atom. The molecule has 2 rings (SSSR count). The summed E-state index contributed by atoms with van der Waals surface area (Å²) in [6.45, 7) is 1.87. The number of aryl methyl sites for hydroxylation is 1. The average Bonchev–Trinajstić information content (AvgIpc) is 2.48. The summed E-state index contributed by atoms with van der Waals surface area (Å²) in [4.78, 5) is 0. The fourth-order valence-electron chi connectivity index (χ4n) is 1.11. The molecular formula is C7H9N5. The van der Waals surface area contributed by atoms with Crippen molar-refractivity contribution in [3.63, 3.8) is 0 Å². The van der Waals surface area contributed by atoms with Crippen molar-refractivity contribution in [2.45, 2.75) is 6.92 Å². The van der Waals surface area contributed by atoms with Gasteiger partial charge in [0.25, 0.3) is 0 Å². The summed E-state index contributed by atoms with van der Waals surface area (Å²) in [6.07, 6.45) is 1.72. The maximum absolute atomic E-state index is 4.10. The van der Waals surface area contributed by atoms with Crippen LogP contribution in [0.2, 0.25) is 0 Å². The van der Waals surface area contributed by atoms with E-state index in [1.165, 1.54) is 0 Å². The maximum Gasteiger partial charge on any atom is 0.200 e. The molecule has 12 heavy (non-hydrogen) atoms. The maximum atomic E-state index is 4.10. The Morgan fingerprint density at radius 2 is 2.25 bits per heavy atom. The van der Waals surface area contributed by atoms with Crippen LogP contribution < -0.4 is 5.32 Å². The molecule has 0 saturated heterocycles. The first-order valence-corrected chi connectivity index (χ1v) is 3.67. The molecule has 0 aliphatic carbocycles. The summed E-state index contributed by atoms with van der Waals surface area (Å²) in [5, 5.41) is 15.0. The highest BCUT2D eigenvalue weighted by Gasteiger charge is 2.04. The van der Waals surface area contributed by atoms with Gasteiger partial charge in [0, 0.05) is 7.05 Å². The quantitative estimate of drug-likeness (QED) is 0.664. The Kier molecular flexibility index (Phi) is 1.43. The molecule has 5 nitrogen and oxygen atoms in total. The molecule has 62 valence electrons. The zero-order chi connectivity index (χ0) is 8.55. The lowest BCUT2D eigenvalue weighted by Crippen LogP contribution is -1.97. The molecule has 2 heterocycles. The van der Waals surface area contributed by atoms with Crippen LogP contribution >= 0.6 is 0 Å². The molecule has 0 aromatic carbocycles. The van der Waals surface area contributed by atoms with Gasteiger partial charge in [-0.15, -0.1) is 10.2 Å². The third-order valence-electron chi connectivity index (χ3n) is 1.73. The molecule has 0 aliphatic rings. The molecule has 1 N–H and O–H groups in total. The molecule has 2 aromatic rings. The van der Waals surface area contributed by atoms with E-state index >= 15 is 0 Å². The van der Waals surface area contributed by atoms with Crippen LogP contribution in [0.1, 0.15) is 5.82 Å². The molecule has 0 unspecified atom stereocenters. The number of rotatable bonds is 1. The SMILES string of the molecule is CNc1ccnn2c(C)nnc12. The molecule has 0 fully saturated rings. The predicted molar refractivity (Wildman–Crippen MR) is 45.1 cm³/mol. The number of fused-ring (bicyclic) bond motifs is 1. The third kappa shape index (κ3) is 0.827. The Hall–Kier alpha value is -1.65. The Balaban J connectivity index is 2.81. The minimum atomic E-state index is 0.762. The van der Waals surface area contributed by atoms with E-state index in [4.69, 9.17) is 0 Å². The molecule has 0 radical (unpaired) electrons. The van der Waals surface area contributed by atoms with E-state index in [0.29, 0.717) is 0 Å². The van der Waals surface area contributed by atoms with E-state index < -0.39 is 0 Å². The van der Waals surface area contributed by atoms with Gasteiger partial charge >= 0.3 is 0 Å². The molecule has 0 spiro atoms. The summed E-state index contributed by atoms with van der Waals surface area (Å²) < 4.78 is 1.70. The van der Waals surface area contributed by atoms with Gasteiger partial charge in [-0.05, 0) is 13.0 Å². The zero-order valence-electron chi connectivity index (χ0n) is 6.94. The standard InChI is InChI=1S/C7H9N5/c1-5-10-11-7-6(8-2)3-4-9-12(5)7/h3-4,8H,1-2H3. The number of anilines is 1. The monoisotopic (exact) mass is 163 g/mol. The summed E-state index contributed by atoms with van der Waals surface area (Å²) in [5.41, 5.74) is 1.70. The summed E-state index contributed by atoms with van der Waals surface area (Å²) in [5.74, 6) is 0.794. The van der Waals surface area contributed by atoms with Gasteiger partial charge in [-0.3, -0.25) is 0 Å². The van der Waals surface area contributed by atoms with E-state index in [2.05, 4.69) is 20.6 Å². The molecule has 0 atom stereocenters. The number of hydrogen-bond acceptors (Lipinski definition) is 4. The van der Waals surface area contributed by atoms with Gasteiger partial charge in [-0.2, -0.15) is 9.61 Å². The molecule has 0 amide bonds. The topological polar surface area (TPSA) is 55.1 Å². The van der Waals surface area contributed by atoms with Gasteiger partial charge in [0.15, 0.2) is 5.82 Å². The second-order valence-corrected chi connectivity index (χ2v) is 2.48. The first kappa shape index (κ1) is 7.02. The van der Waals surface area contributed by atoms with E-state index in [-0.39, 0.29) is 0 Å². The number of aromatic nitrogens is 4. The van der Waals surface area contributed by atoms with Gasteiger partial charge < -0.3 is 5.32 Å². The lowest BCUT2D eigenvalue weighted by atomic mass is 10.4. The summed E-state index contributed by atoms with van der Waals surface area (Å²) in [6, 6.07) is 1.86. The van der Waals surface area contributed by atoms with Crippen molar-refractivity contribution in [1.82, 2.24) is 19.8 Å². The second-order valence-electron chi connectivity index (χ2n) is 2.48. The van der Waals surface area contributed by atoms with Crippen molar-refractivity contribution in [2.24, 2.45) is 0 Å². The third-order valence-corrected chi connectivity index (χ3v) is 1.73. The van der Waals surface area contributed by atoms with Crippen molar-refractivity contribution in [2.75, 3.05) is 12.4 Å². The van der Waals surface area contributed by atoms with Crippen LogP contribution in [0, 0.1) is 6.92 Å². The van der Waals surface area contributed by atoms with Crippen LogP contribution in [0.25, 0.3) is 5.65 Å². The van der Waals surface area contributed by atoms with E-state index in [9.17, 15) is 0 Å². The number of hydrogen-bond donors (Lipinski definition) is 1. The Bertz CT molecular complexity index is 405. The lowest BCUT2D eigenvalue weighted by Gasteiger charge is -1.99. The van der Waals surface area contributed by atoms with Gasteiger partial charge in [0.2, 0.25) is 5.65 Å². The largest absolute Gasteiger partial charge is 0.385 e. The van der Waals surface area contributed by atoms with Crippen LogP contribution in [-0.2, 0) is 0 Å². The van der Waals surface area contributed by atoms with Gasteiger partial charge in [-0.1, -0.05) is 0 Å². The van der Waals surface area contributed by atoms with Crippen LogP contribution in [0.4, 0.5) is 5.69 Å². The lowest BCUT2D eigenvalue weighted by molar-refractivity contribution is 0.875. The molecule has 5 heteroatoms. The Morgan fingerprint density at radius 1 is 1.42 bits per heavy atom. The highest BCUT2D eigenvalue weighted by molar-refractivity contribution is 5.65. The van der Waals surface area contributed by atoms with E-state index in [1.54, 1.807) is 10.7 Å². The molecule has 2 aromatic heterocycles. The van der Waals surface area contributed by atoms with Crippen LogP contribution in [-0.4, -0.2) is 26.9 Å². The molecular weight excluding hydrogens is 154 g/mol. The first-order chi connectivity index (χ1) is 5.83. The number of nitrogens with one attached hydrogen (secondary N) is 1. The van der Waals surface area contributed by atoms with Crippen molar-refractivity contribution >= 4 is 11.3 Å². The minimum absolute atomic E-state index is 0.762. The fourth-order valence-corrected chi connectivity index (χ4v) is 1.11. The normalized spacial score (nSPS) is 10.5. The second kappa shape index (κ2) is 2.44. The molecule has 0 bridgehead atoms. The van der Waals surface area contributed by atoms with Crippen molar-refractivity contribution < 1.29 is 0 Å². The summed E-state index contributed by atoms with van der Waals surface area (Å²) >= 11 is 0. The van der Waals surface area contributed by atoms with Gasteiger partial charge in [0.1, 0.15) is 0 Å². The van der Waals surface area contributed by atoms with Crippen molar-refractivity contribution in [3.8, 4) is 0 Å². The van der Waals surface area contributed by atoms with Gasteiger partial charge in [0.05, 0.1) is 11.9 Å². The smallest absolute Gasteiger partial charge is 0.200 e. The predicted octanol–water partition coefficient (Wildman–Crippen LogP) is 0.474. The minimum Gasteiger partial charge on any atom is -0.385 e. The highest BCUT2D eigenvalue weighted by atomic mass is 15.4. The van der Waals surface area contributed by atoms with Crippen molar-refractivity contribution in [1.29, 1.82) is 0 Å². The average molecular weight is 163 g/mol. The Labute approximate surface area is 69.4 Å². The number of nitrogens with zero attached hydrogens (tertiary/aromatic N) is 4. The van der Waals surface area contributed by atoms with Gasteiger partial charge in [-0.25, -0.2) is 0 Å². The van der Waals surface area contributed by atoms with E-state index in [1.807, 2.05) is 20.0 Å². The molecule has 0 aliphatic heterocycles.